The van der Waals surface area contributed by atoms with Crippen LogP contribution in [-0.4, -0.2) is 16.5 Å². The van der Waals surface area contributed by atoms with Gasteiger partial charge in [0.15, 0.2) is 0 Å². The van der Waals surface area contributed by atoms with E-state index >= 15 is 0 Å². The molecule has 1 atom stereocenters. The van der Waals surface area contributed by atoms with Crippen LogP contribution >= 0.6 is 11.3 Å². The van der Waals surface area contributed by atoms with Gasteiger partial charge in [0.1, 0.15) is 0 Å². The Morgan fingerprint density at radius 3 is 2.60 bits per heavy atom. The molecule has 1 heterocycles. The lowest BCUT2D eigenvalue weighted by molar-refractivity contribution is -0.121. The van der Waals surface area contributed by atoms with E-state index in [4.69, 9.17) is 0 Å². The Balaban J connectivity index is 2.28. The van der Waals surface area contributed by atoms with Gasteiger partial charge in [0, 0.05) is 30.1 Å². The topological polar surface area (TPSA) is 51.1 Å². The summed E-state index contributed by atoms with van der Waals surface area (Å²) in [6, 6.07) is 0.210. The number of hydrogen-bond donors (Lipinski definition) is 1. The molecular weight excluding hydrogens is 272 g/mol. The fraction of sp³-hybridized carbons (Fsp3) is 0.733. The maximum atomic E-state index is 11.8. The Kier molecular flexibility index (Phi) is 6.99. The molecule has 114 valence electrons. The lowest BCUT2D eigenvalue weighted by atomic mass is 10.0. The summed E-state index contributed by atoms with van der Waals surface area (Å²) in [7, 11) is 0. The molecule has 20 heavy (non-hydrogen) atoms. The minimum absolute atomic E-state index is 0.0141. The highest BCUT2D eigenvalue weighted by atomic mass is 32.1. The molecule has 0 fully saturated rings. The number of aryl methyl sites for hydroxylation is 1. The summed E-state index contributed by atoms with van der Waals surface area (Å²) in [4.78, 5) is 23.4. The van der Waals surface area contributed by atoms with Crippen molar-refractivity contribution in [2.75, 3.05) is 0 Å². The average molecular weight is 298 g/mol. The van der Waals surface area contributed by atoms with Crippen molar-refractivity contribution in [3.05, 3.63) is 20.7 Å². The van der Waals surface area contributed by atoms with Gasteiger partial charge in [-0.05, 0) is 26.2 Å². The predicted octanol–water partition coefficient (Wildman–Crippen LogP) is 2.94. The molecule has 1 N–H and O–H groups in total. The zero-order valence-corrected chi connectivity index (χ0v) is 13.8. The summed E-state index contributed by atoms with van der Waals surface area (Å²) in [6.45, 7) is 8.83. The van der Waals surface area contributed by atoms with Gasteiger partial charge >= 0.3 is 4.87 Å². The quantitative estimate of drug-likeness (QED) is 0.802. The normalized spacial score (nSPS) is 12.7. The van der Waals surface area contributed by atoms with Crippen LogP contribution in [0.1, 0.15) is 52.1 Å². The van der Waals surface area contributed by atoms with Crippen molar-refractivity contribution in [3.8, 4) is 0 Å². The fourth-order valence-corrected chi connectivity index (χ4v) is 2.90. The van der Waals surface area contributed by atoms with Crippen molar-refractivity contribution in [2.24, 2.45) is 5.92 Å². The summed E-state index contributed by atoms with van der Waals surface area (Å²) < 4.78 is 1.66. The van der Waals surface area contributed by atoms with Crippen LogP contribution in [0, 0.1) is 12.8 Å². The van der Waals surface area contributed by atoms with E-state index in [2.05, 4.69) is 19.2 Å². The number of nitrogens with zero attached hydrogens (tertiary/aromatic N) is 1. The number of carbonyl (C=O) groups excluding carboxylic acids is 1. The number of rotatable bonds is 8. The molecule has 0 bridgehead atoms. The van der Waals surface area contributed by atoms with Crippen molar-refractivity contribution in [1.29, 1.82) is 0 Å². The van der Waals surface area contributed by atoms with E-state index < -0.39 is 0 Å². The number of carbonyl (C=O) groups is 1. The molecular formula is C15H26N2O2S. The van der Waals surface area contributed by atoms with Crippen LogP contribution in [0.15, 0.2) is 10.2 Å². The van der Waals surface area contributed by atoms with Crippen molar-refractivity contribution >= 4 is 17.2 Å². The SMILES string of the molecule is Cc1csc(=O)n1CCC(=O)NC(C)CCCC(C)C. The molecule has 0 saturated heterocycles. The Labute approximate surface area is 125 Å². The molecule has 1 unspecified atom stereocenters. The lowest BCUT2D eigenvalue weighted by Crippen LogP contribution is -2.33. The highest BCUT2D eigenvalue weighted by molar-refractivity contribution is 7.07. The fourth-order valence-electron chi connectivity index (χ4n) is 2.14. The van der Waals surface area contributed by atoms with Gasteiger partial charge in [-0.25, -0.2) is 0 Å². The first-order valence-electron chi connectivity index (χ1n) is 7.34. The van der Waals surface area contributed by atoms with Gasteiger partial charge in [0.25, 0.3) is 0 Å². The van der Waals surface area contributed by atoms with E-state index in [1.807, 2.05) is 19.2 Å². The van der Waals surface area contributed by atoms with Crippen LogP contribution in [-0.2, 0) is 11.3 Å². The smallest absolute Gasteiger partial charge is 0.307 e. The van der Waals surface area contributed by atoms with Crippen LogP contribution in [0.5, 0.6) is 0 Å². The van der Waals surface area contributed by atoms with Gasteiger partial charge in [0.05, 0.1) is 0 Å². The Morgan fingerprint density at radius 2 is 2.05 bits per heavy atom. The average Bonchev–Trinajstić information content (AvgIpc) is 2.66. The molecule has 1 aromatic rings. The van der Waals surface area contributed by atoms with Crippen LogP contribution in [0.25, 0.3) is 0 Å². The first-order chi connectivity index (χ1) is 9.40. The number of aromatic nitrogens is 1. The first kappa shape index (κ1) is 17.0. The Hall–Kier alpha value is -1.10. The van der Waals surface area contributed by atoms with E-state index in [1.165, 1.54) is 17.8 Å². The van der Waals surface area contributed by atoms with Crippen LogP contribution in [0.3, 0.4) is 0 Å². The van der Waals surface area contributed by atoms with Gasteiger partial charge < -0.3 is 9.88 Å². The van der Waals surface area contributed by atoms with E-state index in [9.17, 15) is 9.59 Å². The standard InChI is InChI=1S/C15H26N2O2S/c1-11(2)6-5-7-12(3)16-14(18)8-9-17-13(4)10-20-15(17)19/h10-12H,5-9H2,1-4H3,(H,16,18). The molecule has 0 saturated carbocycles. The molecule has 0 spiro atoms. The van der Waals surface area contributed by atoms with E-state index in [0.29, 0.717) is 18.9 Å². The molecule has 1 rings (SSSR count). The van der Waals surface area contributed by atoms with Crippen LogP contribution < -0.4 is 10.2 Å². The second-order valence-electron chi connectivity index (χ2n) is 5.84. The number of nitrogens with one attached hydrogen (secondary N) is 1. The highest BCUT2D eigenvalue weighted by Gasteiger charge is 2.09. The molecule has 0 radical (unpaired) electrons. The van der Waals surface area contributed by atoms with Gasteiger partial charge in [-0.1, -0.05) is 38.0 Å². The van der Waals surface area contributed by atoms with Crippen LogP contribution in [0.2, 0.25) is 0 Å². The molecule has 0 aliphatic carbocycles. The van der Waals surface area contributed by atoms with Gasteiger partial charge in [-0.15, -0.1) is 0 Å². The molecule has 0 aromatic carbocycles. The molecule has 5 heteroatoms. The van der Waals surface area contributed by atoms with Crippen molar-refractivity contribution in [3.63, 3.8) is 0 Å². The van der Waals surface area contributed by atoms with E-state index in [0.717, 1.165) is 18.5 Å². The van der Waals surface area contributed by atoms with Crippen molar-refractivity contribution in [1.82, 2.24) is 9.88 Å². The summed E-state index contributed by atoms with van der Waals surface area (Å²) in [5.74, 6) is 0.742. The minimum atomic E-state index is 0.0141. The third kappa shape index (κ3) is 5.90. The summed E-state index contributed by atoms with van der Waals surface area (Å²) in [5.41, 5.74) is 0.929. The summed E-state index contributed by atoms with van der Waals surface area (Å²) >= 11 is 1.19. The van der Waals surface area contributed by atoms with Gasteiger partial charge in [-0.2, -0.15) is 0 Å². The van der Waals surface area contributed by atoms with Gasteiger partial charge in [-0.3, -0.25) is 9.59 Å². The van der Waals surface area contributed by atoms with Crippen molar-refractivity contribution in [2.45, 2.75) is 66.0 Å². The maximum absolute atomic E-state index is 11.8. The zero-order chi connectivity index (χ0) is 15.1. The monoisotopic (exact) mass is 298 g/mol. The zero-order valence-electron chi connectivity index (χ0n) is 12.9. The number of hydrogen-bond acceptors (Lipinski definition) is 3. The van der Waals surface area contributed by atoms with Crippen molar-refractivity contribution < 1.29 is 4.79 Å². The summed E-state index contributed by atoms with van der Waals surface area (Å²) in [5, 5.41) is 4.83. The third-order valence-corrected chi connectivity index (χ3v) is 4.25. The first-order valence-corrected chi connectivity index (χ1v) is 8.22. The largest absolute Gasteiger partial charge is 0.354 e. The molecule has 4 nitrogen and oxygen atoms in total. The van der Waals surface area contributed by atoms with Crippen LogP contribution in [0.4, 0.5) is 0 Å². The number of amides is 1. The Bertz CT molecular complexity index is 476. The molecule has 0 aliphatic heterocycles. The summed E-state index contributed by atoms with van der Waals surface area (Å²) in [6.07, 6.45) is 3.72. The number of thiazole rings is 1. The predicted molar refractivity (Wildman–Crippen MR) is 84.2 cm³/mol. The second-order valence-corrected chi connectivity index (χ2v) is 6.66. The molecule has 1 aromatic heterocycles. The molecule has 0 aliphatic rings. The third-order valence-electron chi connectivity index (χ3n) is 3.36. The van der Waals surface area contributed by atoms with Gasteiger partial charge in [0.2, 0.25) is 5.91 Å². The maximum Gasteiger partial charge on any atom is 0.307 e. The van der Waals surface area contributed by atoms with E-state index in [-0.39, 0.29) is 16.8 Å². The minimum Gasteiger partial charge on any atom is -0.354 e. The van der Waals surface area contributed by atoms with E-state index in [1.54, 1.807) is 4.57 Å². The molecule has 1 amide bonds. The highest BCUT2D eigenvalue weighted by Crippen LogP contribution is 2.08. The second kappa shape index (κ2) is 8.25. The lowest BCUT2D eigenvalue weighted by Gasteiger charge is -2.14. The Morgan fingerprint density at radius 1 is 1.35 bits per heavy atom.